The molecule has 0 spiro atoms. The summed E-state index contributed by atoms with van der Waals surface area (Å²) < 4.78 is 2.22. The molecule has 1 aromatic heterocycles. The zero-order valence-electron chi connectivity index (χ0n) is 22.2. The third kappa shape index (κ3) is 5.83. The molecule has 0 atom stereocenters. The van der Waals surface area contributed by atoms with Crippen LogP contribution in [0.25, 0.3) is 10.9 Å². The van der Waals surface area contributed by atoms with Gasteiger partial charge in [0, 0.05) is 41.5 Å². The molecular formula is C31H38ClN3O. The average molecular weight is 504 g/mol. The number of para-hydroxylation sites is 1. The lowest BCUT2D eigenvalue weighted by Crippen LogP contribution is -2.33. The molecule has 1 heterocycles. The first kappa shape index (κ1) is 27.5. The Bertz CT molecular complexity index is 1260. The first-order chi connectivity index (χ1) is 16.8. The second-order valence-corrected chi connectivity index (χ2v) is 10.1. The van der Waals surface area contributed by atoms with Gasteiger partial charge in [-0.05, 0) is 59.0 Å². The van der Waals surface area contributed by atoms with Crippen LogP contribution in [-0.2, 0) is 6.54 Å². The predicted octanol–water partition coefficient (Wildman–Crippen LogP) is 6.56. The molecule has 1 amide bonds. The Labute approximate surface area is 221 Å². The summed E-state index contributed by atoms with van der Waals surface area (Å²) >= 11 is 0. The zero-order valence-corrected chi connectivity index (χ0v) is 23.0. The first-order valence-corrected chi connectivity index (χ1v) is 12.5. The molecule has 0 aliphatic rings. The molecule has 0 aliphatic carbocycles. The highest BCUT2D eigenvalue weighted by atomic mass is 35.5. The second-order valence-electron chi connectivity index (χ2n) is 10.1. The van der Waals surface area contributed by atoms with Crippen molar-refractivity contribution in [3.05, 3.63) is 106 Å². The van der Waals surface area contributed by atoms with Gasteiger partial charge in [-0.2, -0.15) is 0 Å². The number of rotatable bonds is 8. The maximum absolute atomic E-state index is 13.8. The molecule has 0 saturated carbocycles. The second kappa shape index (κ2) is 11.8. The summed E-state index contributed by atoms with van der Waals surface area (Å²) in [6, 6.07) is 26.0. The molecule has 0 saturated heterocycles. The number of fused-ring (bicyclic) bond motifs is 1. The molecule has 0 fully saturated rings. The van der Waals surface area contributed by atoms with Crippen LogP contribution < -0.4 is 5.32 Å². The van der Waals surface area contributed by atoms with Crippen LogP contribution in [0.3, 0.4) is 0 Å². The fourth-order valence-corrected chi connectivity index (χ4v) is 4.77. The van der Waals surface area contributed by atoms with E-state index >= 15 is 0 Å². The van der Waals surface area contributed by atoms with Gasteiger partial charge in [0.2, 0.25) is 0 Å². The van der Waals surface area contributed by atoms with Gasteiger partial charge in [0.1, 0.15) is 5.69 Å². The van der Waals surface area contributed by atoms with Gasteiger partial charge < -0.3 is 14.8 Å². The van der Waals surface area contributed by atoms with Crippen molar-refractivity contribution in [3.8, 4) is 0 Å². The van der Waals surface area contributed by atoms with Crippen molar-refractivity contribution < 1.29 is 4.79 Å². The smallest absolute Gasteiger partial charge is 0.268 e. The molecule has 0 unspecified atom stereocenters. The van der Waals surface area contributed by atoms with Crippen LogP contribution in [0.4, 0.5) is 0 Å². The number of aryl methyl sites for hydroxylation is 2. The number of benzene rings is 3. The number of nitrogens with one attached hydrogen (secondary N) is 1. The van der Waals surface area contributed by atoms with E-state index in [1.165, 1.54) is 22.3 Å². The molecule has 36 heavy (non-hydrogen) atoms. The first-order valence-electron chi connectivity index (χ1n) is 12.5. The summed E-state index contributed by atoms with van der Waals surface area (Å²) in [5.74, 6) is -0.0798. The number of carbonyl (C=O) groups excluding carboxylic acids is 1. The van der Waals surface area contributed by atoms with Crippen molar-refractivity contribution in [2.45, 2.75) is 46.2 Å². The number of likely N-dealkylation sites (N-methyl/N-ethyl adjacent to an activating group) is 1. The van der Waals surface area contributed by atoms with Crippen molar-refractivity contribution >= 4 is 29.2 Å². The Morgan fingerprint density at radius 3 is 1.89 bits per heavy atom. The topological polar surface area (TPSA) is 37.3 Å². The summed E-state index contributed by atoms with van der Waals surface area (Å²) in [5, 5.41) is 4.32. The lowest BCUT2D eigenvalue weighted by atomic mass is 9.83. The molecule has 3 aromatic carbocycles. The van der Waals surface area contributed by atoms with E-state index in [1.54, 1.807) is 0 Å². The van der Waals surface area contributed by atoms with E-state index in [-0.39, 0.29) is 30.3 Å². The summed E-state index contributed by atoms with van der Waals surface area (Å²) in [5.41, 5.74) is 7.76. The highest BCUT2D eigenvalue weighted by molar-refractivity contribution is 6.03. The molecule has 4 rings (SSSR count). The molecule has 1 N–H and O–H groups in total. The zero-order chi connectivity index (χ0) is 25.1. The van der Waals surface area contributed by atoms with Gasteiger partial charge in [0.05, 0.1) is 0 Å². The number of hydrogen-bond acceptors (Lipinski definition) is 2. The van der Waals surface area contributed by atoms with Crippen LogP contribution in [0.15, 0.2) is 72.8 Å². The number of hydrogen-bond donors (Lipinski definition) is 1. The Kier molecular flexibility index (Phi) is 8.99. The predicted molar refractivity (Wildman–Crippen MR) is 154 cm³/mol. The van der Waals surface area contributed by atoms with Crippen LogP contribution in [0.2, 0.25) is 0 Å². The Hall–Kier alpha value is -3.08. The lowest BCUT2D eigenvalue weighted by molar-refractivity contribution is 0.0932. The van der Waals surface area contributed by atoms with Crippen LogP contribution in [0, 0.1) is 13.8 Å². The van der Waals surface area contributed by atoms with Crippen LogP contribution in [0.1, 0.15) is 58.1 Å². The third-order valence-corrected chi connectivity index (χ3v) is 6.53. The number of carbonyl (C=O) groups is 1. The van der Waals surface area contributed by atoms with Crippen molar-refractivity contribution in [3.63, 3.8) is 0 Å². The largest absolute Gasteiger partial charge is 0.349 e. The Morgan fingerprint density at radius 2 is 1.39 bits per heavy atom. The van der Waals surface area contributed by atoms with E-state index in [2.05, 4.69) is 116 Å². The van der Waals surface area contributed by atoms with Gasteiger partial charge in [-0.3, -0.25) is 4.79 Å². The fourth-order valence-electron chi connectivity index (χ4n) is 4.77. The lowest BCUT2D eigenvalue weighted by Gasteiger charge is -2.22. The molecule has 0 bridgehead atoms. The number of nitrogens with zero attached hydrogens (tertiary/aromatic N) is 2. The number of aromatic nitrogens is 1. The van der Waals surface area contributed by atoms with E-state index in [0.29, 0.717) is 0 Å². The average Bonchev–Trinajstić information content (AvgIpc) is 3.14. The van der Waals surface area contributed by atoms with Crippen molar-refractivity contribution in [1.29, 1.82) is 0 Å². The van der Waals surface area contributed by atoms with Gasteiger partial charge in [0.25, 0.3) is 5.91 Å². The SMILES string of the molecule is Cc1ccc(C(c2ccc(C)cc2)c2c(C(=O)NC(C)C)n(CCN(C)C)c3ccccc23)cc1.Cl. The summed E-state index contributed by atoms with van der Waals surface area (Å²) in [7, 11) is 4.14. The van der Waals surface area contributed by atoms with E-state index < -0.39 is 0 Å². The summed E-state index contributed by atoms with van der Waals surface area (Å²) in [6.07, 6.45) is 0. The maximum Gasteiger partial charge on any atom is 0.268 e. The van der Waals surface area contributed by atoms with Gasteiger partial charge in [-0.15, -0.1) is 12.4 Å². The van der Waals surface area contributed by atoms with Crippen molar-refractivity contribution in [1.82, 2.24) is 14.8 Å². The summed E-state index contributed by atoms with van der Waals surface area (Å²) in [4.78, 5) is 16.0. The number of halogens is 1. The van der Waals surface area contributed by atoms with Crippen LogP contribution >= 0.6 is 12.4 Å². The van der Waals surface area contributed by atoms with E-state index in [9.17, 15) is 4.79 Å². The minimum Gasteiger partial charge on any atom is -0.349 e. The van der Waals surface area contributed by atoms with Crippen LogP contribution in [0.5, 0.6) is 0 Å². The highest BCUT2D eigenvalue weighted by Crippen LogP contribution is 2.40. The van der Waals surface area contributed by atoms with Gasteiger partial charge in [-0.1, -0.05) is 77.9 Å². The molecule has 5 heteroatoms. The number of amides is 1. The van der Waals surface area contributed by atoms with Crippen molar-refractivity contribution in [2.24, 2.45) is 0 Å². The standard InChI is InChI=1S/C31H37N3O.ClH/c1-21(2)32-31(35)30-29(26-9-7-8-10-27(26)34(30)20-19-33(5)6)28(24-15-11-22(3)12-16-24)25-17-13-23(4)14-18-25;/h7-18,21,28H,19-20H2,1-6H3,(H,32,35);1H. The molecule has 4 nitrogen and oxygen atoms in total. The molecule has 0 radical (unpaired) electrons. The normalized spacial score (nSPS) is 11.4. The van der Waals surface area contributed by atoms with E-state index in [4.69, 9.17) is 0 Å². The van der Waals surface area contributed by atoms with Gasteiger partial charge in [-0.25, -0.2) is 0 Å². The maximum atomic E-state index is 13.8. The molecule has 190 valence electrons. The molecule has 4 aromatic rings. The monoisotopic (exact) mass is 503 g/mol. The van der Waals surface area contributed by atoms with Gasteiger partial charge >= 0.3 is 0 Å². The third-order valence-electron chi connectivity index (χ3n) is 6.53. The van der Waals surface area contributed by atoms with E-state index in [1.807, 2.05) is 13.8 Å². The highest BCUT2D eigenvalue weighted by Gasteiger charge is 2.30. The van der Waals surface area contributed by atoms with Crippen LogP contribution in [-0.4, -0.2) is 42.1 Å². The van der Waals surface area contributed by atoms with E-state index in [0.717, 1.165) is 35.2 Å². The summed E-state index contributed by atoms with van der Waals surface area (Å²) in [6.45, 7) is 9.84. The minimum atomic E-state index is -0.0605. The molecule has 0 aliphatic heterocycles. The molecular weight excluding hydrogens is 466 g/mol. The quantitative estimate of drug-likeness (QED) is 0.295. The Morgan fingerprint density at radius 1 is 0.861 bits per heavy atom. The van der Waals surface area contributed by atoms with Crippen molar-refractivity contribution in [2.75, 3.05) is 20.6 Å². The fraction of sp³-hybridized carbons (Fsp3) is 0.323. The minimum absolute atomic E-state index is 0. The Balaban J connectivity index is 0.00000361. The van der Waals surface area contributed by atoms with Gasteiger partial charge in [0.15, 0.2) is 0 Å².